The molecule has 1 fully saturated rings. The van der Waals surface area contributed by atoms with Crippen LogP contribution in [0.5, 0.6) is 5.75 Å². The molecule has 3 rings (SSSR count). The standard InChI is InChI=1S/C23H34N4O3.HI/c1-16-7-8-20(22(12-16)29-15-19-9-11-28-14-19)13-26-23(24-4)25-10-5-6-21-17(2)27-30-18(21)3;/h7-8,12,19H,5-6,9-11,13-15H2,1-4H3,(H2,24,25,26);1H. The lowest BCUT2D eigenvalue weighted by molar-refractivity contribution is 0.166. The molecule has 0 spiro atoms. The lowest BCUT2D eigenvalue weighted by atomic mass is 10.1. The van der Waals surface area contributed by atoms with E-state index in [9.17, 15) is 0 Å². The van der Waals surface area contributed by atoms with E-state index in [4.69, 9.17) is 14.0 Å². The fourth-order valence-electron chi connectivity index (χ4n) is 3.59. The fraction of sp³-hybridized carbons (Fsp3) is 0.565. The highest BCUT2D eigenvalue weighted by Crippen LogP contribution is 2.22. The van der Waals surface area contributed by atoms with Gasteiger partial charge < -0.3 is 24.6 Å². The van der Waals surface area contributed by atoms with E-state index in [0.717, 1.165) is 67.7 Å². The van der Waals surface area contributed by atoms with Crippen molar-refractivity contribution in [2.75, 3.05) is 33.4 Å². The van der Waals surface area contributed by atoms with Gasteiger partial charge in [0.15, 0.2) is 5.96 Å². The summed E-state index contributed by atoms with van der Waals surface area (Å²) in [5.41, 5.74) is 4.50. The smallest absolute Gasteiger partial charge is 0.191 e. The molecule has 1 aromatic carbocycles. The number of aryl methyl sites for hydroxylation is 3. The molecule has 2 N–H and O–H groups in total. The van der Waals surface area contributed by atoms with Gasteiger partial charge in [-0.1, -0.05) is 17.3 Å². The lowest BCUT2D eigenvalue weighted by Crippen LogP contribution is -2.37. The van der Waals surface area contributed by atoms with Crippen molar-refractivity contribution in [3.05, 3.63) is 46.3 Å². The number of nitrogens with one attached hydrogen (secondary N) is 2. The summed E-state index contributed by atoms with van der Waals surface area (Å²) in [5, 5.41) is 10.8. The molecule has 0 radical (unpaired) electrons. The third-order valence-corrected chi connectivity index (χ3v) is 5.47. The number of benzene rings is 1. The first kappa shape index (κ1) is 25.5. The predicted molar refractivity (Wildman–Crippen MR) is 134 cm³/mol. The van der Waals surface area contributed by atoms with Gasteiger partial charge in [0.1, 0.15) is 11.5 Å². The first-order chi connectivity index (χ1) is 14.6. The Morgan fingerprint density at radius 3 is 2.77 bits per heavy atom. The molecule has 1 atom stereocenters. The van der Waals surface area contributed by atoms with Crippen LogP contribution in [-0.2, 0) is 17.7 Å². The summed E-state index contributed by atoms with van der Waals surface area (Å²) in [7, 11) is 1.79. The molecule has 8 heteroatoms. The molecule has 2 aromatic rings. The van der Waals surface area contributed by atoms with Crippen molar-refractivity contribution < 1.29 is 14.0 Å². The molecule has 1 saturated heterocycles. The molecule has 7 nitrogen and oxygen atoms in total. The number of guanidine groups is 1. The van der Waals surface area contributed by atoms with Gasteiger partial charge in [-0.25, -0.2) is 0 Å². The summed E-state index contributed by atoms with van der Waals surface area (Å²) in [4.78, 5) is 4.34. The number of rotatable bonds is 9. The van der Waals surface area contributed by atoms with Crippen molar-refractivity contribution in [3.63, 3.8) is 0 Å². The zero-order chi connectivity index (χ0) is 21.3. The molecule has 0 bridgehead atoms. The Morgan fingerprint density at radius 1 is 1.26 bits per heavy atom. The first-order valence-corrected chi connectivity index (χ1v) is 10.7. The number of hydrogen-bond acceptors (Lipinski definition) is 5. The molecule has 0 aliphatic carbocycles. The van der Waals surface area contributed by atoms with Gasteiger partial charge in [-0.2, -0.15) is 0 Å². The van der Waals surface area contributed by atoms with Crippen molar-refractivity contribution in [3.8, 4) is 5.75 Å². The van der Waals surface area contributed by atoms with E-state index >= 15 is 0 Å². The third-order valence-electron chi connectivity index (χ3n) is 5.47. The number of hydrogen-bond donors (Lipinski definition) is 2. The fourth-order valence-corrected chi connectivity index (χ4v) is 3.59. The highest BCUT2D eigenvalue weighted by molar-refractivity contribution is 14.0. The van der Waals surface area contributed by atoms with Gasteiger partial charge in [-0.3, -0.25) is 4.99 Å². The van der Waals surface area contributed by atoms with Gasteiger partial charge in [0.05, 0.1) is 18.9 Å². The zero-order valence-electron chi connectivity index (χ0n) is 19.0. The van der Waals surface area contributed by atoms with E-state index in [-0.39, 0.29) is 24.0 Å². The molecule has 0 saturated carbocycles. The molecule has 0 amide bonds. The van der Waals surface area contributed by atoms with Crippen LogP contribution < -0.4 is 15.4 Å². The average molecular weight is 542 g/mol. The van der Waals surface area contributed by atoms with Gasteiger partial charge in [-0.15, -0.1) is 24.0 Å². The van der Waals surface area contributed by atoms with E-state index in [0.29, 0.717) is 19.1 Å². The summed E-state index contributed by atoms with van der Waals surface area (Å²) in [6, 6.07) is 6.34. The Bertz CT molecular complexity index is 828. The second-order valence-electron chi connectivity index (χ2n) is 7.91. The summed E-state index contributed by atoms with van der Waals surface area (Å²) in [5.74, 6) is 3.11. The second-order valence-corrected chi connectivity index (χ2v) is 7.91. The van der Waals surface area contributed by atoms with Crippen molar-refractivity contribution in [2.45, 2.75) is 46.6 Å². The number of aliphatic imine (C=N–C) groups is 1. The van der Waals surface area contributed by atoms with Crippen molar-refractivity contribution >= 4 is 29.9 Å². The van der Waals surface area contributed by atoms with Crippen molar-refractivity contribution in [1.29, 1.82) is 0 Å². The van der Waals surface area contributed by atoms with Crippen LogP contribution >= 0.6 is 24.0 Å². The van der Waals surface area contributed by atoms with Gasteiger partial charge in [-0.05, 0) is 51.7 Å². The Hall–Kier alpha value is -1.81. The largest absolute Gasteiger partial charge is 0.493 e. The number of halogens is 1. The van der Waals surface area contributed by atoms with Crippen LogP contribution in [0.1, 0.15) is 41.0 Å². The Morgan fingerprint density at radius 2 is 2.10 bits per heavy atom. The van der Waals surface area contributed by atoms with Crippen LogP contribution in [0.25, 0.3) is 0 Å². The molecule has 1 aliphatic rings. The van der Waals surface area contributed by atoms with Gasteiger partial charge in [0.2, 0.25) is 0 Å². The van der Waals surface area contributed by atoms with Crippen LogP contribution in [0, 0.1) is 26.7 Å². The van der Waals surface area contributed by atoms with E-state index in [1.54, 1.807) is 7.05 Å². The van der Waals surface area contributed by atoms with Crippen LogP contribution in [0.15, 0.2) is 27.7 Å². The van der Waals surface area contributed by atoms with E-state index in [1.165, 1.54) is 11.1 Å². The molecule has 31 heavy (non-hydrogen) atoms. The van der Waals surface area contributed by atoms with Crippen LogP contribution in [-0.4, -0.2) is 44.5 Å². The number of ether oxygens (including phenoxy) is 2. The number of aromatic nitrogens is 1. The van der Waals surface area contributed by atoms with E-state index < -0.39 is 0 Å². The minimum atomic E-state index is 0. The van der Waals surface area contributed by atoms with Crippen LogP contribution in [0.4, 0.5) is 0 Å². The molecular weight excluding hydrogens is 507 g/mol. The highest BCUT2D eigenvalue weighted by Gasteiger charge is 2.17. The zero-order valence-corrected chi connectivity index (χ0v) is 21.3. The molecule has 1 unspecified atom stereocenters. The SMILES string of the molecule is CN=C(NCCCc1c(C)noc1C)NCc1ccc(C)cc1OCC1CCOC1.I. The molecule has 172 valence electrons. The molecule has 1 aliphatic heterocycles. The van der Waals surface area contributed by atoms with E-state index in [1.807, 2.05) is 13.8 Å². The normalized spacial score (nSPS) is 16.1. The maximum Gasteiger partial charge on any atom is 0.191 e. The number of nitrogens with zero attached hydrogens (tertiary/aromatic N) is 2. The molecule has 1 aromatic heterocycles. The van der Waals surface area contributed by atoms with Crippen molar-refractivity contribution in [1.82, 2.24) is 15.8 Å². The third kappa shape index (κ3) is 7.68. The maximum atomic E-state index is 6.14. The Balaban J connectivity index is 0.00000341. The first-order valence-electron chi connectivity index (χ1n) is 10.7. The summed E-state index contributed by atoms with van der Waals surface area (Å²) in [6.07, 6.45) is 2.99. The summed E-state index contributed by atoms with van der Waals surface area (Å²) >= 11 is 0. The van der Waals surface area contributed by atoms with Crippen molar-refractivity contribution in [2.24, 2.45) is 10.9 Å². The topological polar surface area (TPSA) is 80.9 Å². The minimum Gasteiger partial charge on any atom is -0.493 e. The quantitative estimate of drug-likeness (QED) is 0.216. The van der Waals surface area contributed by atoms with Crippen LogP contribution in [0.2, 0.25) is 0 Å². The van der Waals surface area contributed by atoms with E-state index in [2.05, 4.69) is 45.9 Å². The average Bonchev–Trinajstić information content (AvgIpc) is 3.37. The van der Waals surface area contributed by atoms with Crippen LogP contribution in [0.3, 0.4) is 0 Å². The van der Waals surface area contributed by atoms with Gasteiger partial charge in [0.25, 0.3) is 0 Å². The molecule has 2 heterocycles. The Kier molecular flexibility index (Phi) is 10.6. The summed E-state index contributed by atoms with van der Waals surface area (Å²) < 4.78 is 16.8. The second kappa shape index (κ2) is 12.9. The highest BCUT2D eigenvalue weighted by atomic mass is 127. The summed E-state index contributed by atoms with van der Waals surface area (Å²) in [6.45, 7) is 9.85. The van der Waals surface area contributed by atoms with Gasteiger partial charge in [0, 0.05) is 43.8 Å². The maximum absolute atomic E-state index is 6.14. The predicted octanol–water partition coefficient (Wildman–Crippen LogP) is 3.93. The van der Waals surface area contributed by atoms with Gasteiger partial charge >= 0.3 is 0 Å². The molecular formula is C23H35IN4O3. The lowest BCUT2D eigenvalue weighted by Gasteiger charge is -2.17. The Labute approximate surface area is 202 Å². The minimum absolute atomic E-state index is 0. The monoisotopic (exact) mass is 542 g/mol.